The normalized spacial score (nSPS) is 13.5. The number of aryl methyl sites for hydroxylation is 1. The van der Waals surface area contributed by atoms with Crippen LogP contribution in [0.5, 0.6) is 0 Å². The number of hydrogen-bond acceptors (Lipinski definition) is 8. The monoisotopic (exact) mass is 477 g/mol. The van der Waals surface area contributed by atoms with Crippen LogP contribution in [0.1, 0.15) is 15.9 Å². The van der Waals surface area contributed by atoms with Gasteiger partial charge >= 0.3 is 5.97 Å². The van der Waals surface area contributed by atoms with Crippen LogP contribution >= 0.6 is 11.8 Å². The first-order chi connectivity index (χ1) is 16.5. The fraction of sp³-hybridized carbons (Fsp3) is 0.280. The Morgan fingerprint density at radius 2 is 1.71 bits per heavy atom. The third-order valence-electron chi connectivity index (χ3n) is 5.54. The van der Waals surface area contributed by atoms with Gasteiger partial charge in [-0.3, -0.25) is 4.79 Å². The lowest BCUT2D eigenvalue weighted by Crippen LogP contribution is -2.46. The second-order valence-corrected chi connectivity index (χ2v) is 8.94. The molecule has 0 bridgehead atoms. The molecule has 0 atom stereocenters. The third kappa shape index (κ3) is 6.05. The van der Waals surface area contributed by atoms with Crippen molar-refractivity contribution in [3.05, 3.63) is 71.8 Å². The summed E-state index contributed by atoms with van der Waals surface area (Å²) < 4.78 is 4.67. The number of nitrogens with one attached hydrogen (secondary N) is 1. The quantitative estimate of drug-likeness (QED) is 0.408. The van der Waals surface area contributed by atoms with Crippen molar-refractivity contribution in [1.82, 2.24) is 10.2 Å². The molecule has 1 fully saturated rings. The molecular formula is C25H27N5O3S. The van der Waals surface area contributed by atoms with Crippen molar-refractivity contribution >= 4 is 40.8 Å². The van der Waals surface area contributed by atoms with Crippen molar-refractivity contribution in [3.63, 3.8) is 0 Å². The first-order valence-electron chi connectivity index (χ1n) is 11.0. The Morgan fingerprint density at radius 1 is 0.971 bits per heavy atom. The van der Waals surface area contributed by atoms with Crippen LogP contribution in [0.4, 0.5) is 17.2 Å². The molecule has 8 nitrogen and oxygen atoms in total. The van der Waals surface area contributed by atoms with Crippen LogP contribution in [-0.4, -0.2) is 61.1 Å². The van der Waals surface area contributed by atoms with E-state index in [4.69, 9.17) is 0 Å². The van der Waals surface area contributed by atoms with Crippen LogP contribution < -0.4 is 15.1 Å². The summed E-state index contributed by atoms with van der Waals surface area (Å²) in [5, 5.41) is 12.2. The minimum absolute atomic E-state index is 0.158. The van der Waals surface area contributed by atoms with Gasteiger partial charge in [0.25, 0.3) is 0 Å². The maximum atomic E-state index is 12.3. The molecule has 0 spiro atoms. The molecule has 176 valence electrons. The lowest BCUT2D eigenvalue weighted by molar-refractivity contribution is -0.113. The summed E-state index contributed by atoms with van der Waals surface area (Å²) in [7, 11) is 1.33. The van der Waals surface area contributed by atoms with Gasteiger partial charge in [-0.15, -0.1) is 10.2 Å². The smallest absolute Gasteiger partial charge is 0.337 e. The first kappa shape index (κ1) is 23.6. The number of thioether (sulfide) groups is 1. The first-order valence-corrected chi connectivity index (χ1v) is 12.0. The topological polar surface area (TPSA) is 87.7 Å². The summed E-state index contributed by atoms with van der Waals surface area (Å²) in [6.07, 6.45) is 0. The van der Waals surface area contributed by atoms with Gasteiger partial charge in [-0.05, 0) is 61.0 Å². The van der Waals surface area contributed by atoms with E-state index in [-0.39, 0.29) is 11.7 Å². The molecule has 0 saturated carbocycles. The van der Waals surface area contributed by atoms with Crippen molar-refractivity contribution in [2.45, 2.75) is 11.9 Å². The van der Waals surface area contributed by atoms with Crippen molar-refractivity contribution in [3.8, 4) is 0 Å². The summed E-state index contributed by atoms with van der Waals surface area (Å²) in [4.78, 5) is 28.4. The summed E-state index contributed by atoms with van der Waals surface area (Å²) >= 11 is 1.33. The zero-order valence-corrected chi connectivity index (χ0v) is 20.0. The number of carbonyl (C=O) groups is 2. The Hall–Kier alpha value is -3.59. The summed E-state index contributed by atoms with van der Waals surface area (Å²) in [6, 6.07) is 19.0. The number of hydrogen-bond donors (Lipinski definition) is 1. The second-order valence-electron chi connectivity index (χ2n) is 7.95. The highest BCUT2D eigenvalue weighted by molar-refractivity contribution is 7.99. The van der Waals surface area contributed by atoms with E-state index >= 15 is 0 Å². The molecule has 1 aromatic heterocycles. The van der Waals surface area contributed by atoms with Crippen LogP contribution in [0.25, 0.3) is 0 Å². The van der Waals surface area contributed by atoms with Gasteiger partial charge in [0.1, 0.15) is 5.03 Å². The maximum absolute atomic E-state index is 12.3. The molecule has 34 heavy (non-hydrogen) atoms. The zero-order chi connectivity index (χ0) is 23.9. The molecule has 1 aliphatic heterocycles. The summed E-state index contributed by atoms with van der Waals surface area (Å²) in [6.45, 7) is 5.74. The highest BCUT2D eigenvalue weighted by Crippen LogP contribution is 2.22. The third-order valence-corrected chi connectivity index (χ3v) is 6.46. The van der Waals surface area contributed by atoms with Gasteiger partial charge in [-0.25, -0.2) is 4.79 Å². The predicted octanol–water partition coefficient (Wildman–Crippen LogP) is 3.63. The second kappa shape index (κ2) is 11.0. The number of rotatable bonds is 7. The average Bonchev–Trinajstić information content (AvgIpc) is 2.88. The number of esters is 1. The zero-order valence-electron chi connectivity index (χ0n) is 19.2. The Kier molecular flexibility index (Phi) is 7.64. The van der Waals surface area contributed by atoms with Gasteiger partial charge < -0.3 is 19.9 Å². The minimum atomic E-state index is -0.413. The van der Waals surface area contributed by atoms with E-state index in [2.05, 4.69) is 61.2 Å². The fourth-order valence-electron chi connectivity index (χ4n) is 3.72. The molecule has 0 radical (unpaired) electrons. The van der Waals surface area contributed by atoms with E-state index in [0.717, 1.165) is 32.0 Å². The van der Waals surface area contributed by atoms with Crippen molar-refractivity contribution in [2.24, 2.45) is 0 Å². The number of methoxy groups -OCH3 is 1. The Balaban J connectivity index is 1.24. The standard InChI is InChI=1S/C25H27N5O3S/c1-18-4-3-5-21(16-18)29-12-14-30(15-13-29)22-10-11-24(28-27-22)34-17-23(31)26-20-8-6-19(7-9-20)25(32)33-2/h3-11,16H,12-15,17H2,1-2H3,(H,26,31). The number of piperazine rings is 1. The predicted molar refractivity (Wildman–Crippen MR) is 135 cm³/mol. The molecule has 0 unspecified atom stereocenters. The number of nitrogens with zero attached hydrogens (tertiary/aromatic N) is 4. The van der Waals surface area contributed by atoms with Gasteiger partial charge in [0.2, 0.25) is 5.91 Å². The molecule has 1 amide bonds. The summed E-state index contributed by atoms with van der Waals surface area (Å²) in [5.41, 5.74) is 3.57. The summed E-state index contributed by atoms with van der Waals surface area (Å²) in [5.74, 6) is 0.489. The minimum Gasteiger partial charge on any atom is -0.465 e. The van der Waals surface area contributed by atoms with Gasteiger partial charge in [0, 0.05) is 37.6 Å². The molecule has 1 N–H and O–H groups in total. The molecule has 9 heteroatoms. The van der Waals surface area contributed by atoms with Crippen molar-refractivity contribution < 1.29 is 14.3 Å². The number of amides is 1. The fourth-order valence-corrected chi connectivity index (χ4v) is 4.34. The molecule has 2 heterocycles. The Morgan fingerprint density at radius 3 is 2.35 bits per heavy atom. The van der Waals surface area contributed by atoms with E-state index in [1.165, 1.54) is 30.1 Å². The number of ether oxygens (including phenoxy) is 1. The molecule has 4 rings (SSSR count). The number of carbonyl (C=O) groups excluding carboxylic acids is 2. The Labute approximate surface area is 203 Å². The van der Waals surface area contributed by atoms with Gasteiger partial charge in [-0.2, -0.15) is 0 Å². The molecule has 2 aromatic carbocycles. The van der Waals surface area contributed by atoms with Gasteiger partial charge in [-0.1, -0.05) is 23.9 Å². The highest BCUT2D eigenvalue weighted by Gasteiger charge is 2.19. The van der Waals surface area contributed by atoms with Crippen LogP contribution in [0.15, 0.2) is 65.7 Å². The van der Waals surface area contributed by atoms with E-state index in [1.54, 1.807) is 24.3 Å². The molecule has 3 aromatic rings. The van der Waals surface area contributed by atoms with Crippen LogP contribution in [0.3, 0.4) is 0 Å². The molecule has 0 aliphatic carbocycles. The van der Waals surface area contributed by atoms with Crippen LogP contribution in [0, 0.1) is 6.92 Å². The molecule has 1 aliphatic rings. The maximum Gasteiger partial charge on any atom is 0.337 e. The van der Waals surface area contributed by atoms with E-state index in [9.17, 15) is 9.59 Å². The van der Waals surface area contributed by atoms with Crippen molar-refractivity contribution in [1.29, 1.82) is 0 Å². The number of benzene rings is 2. The largest absolute Gasteiger partial charge is 0.465 e. The number of anilines is 3. The number of aromatic nitrogens is 2. The van der Waals surface area contributed by atoms with Crippen LogP contribution in [0.2, 0.25) is 0 Å². The van der Waals surface area contributed by atoms with Crippen LogP contribution in [-0.2, 0) is 9.53 Å². The van der Waals surface area contributed by atoms with E-state index in [0.29, 0.717) is 16.3 Å². The Bertz CT molecular complexity index is 1130. The molecular weight excluding hydrogens is 450 g/mol. The highest BCUT2D eigenvalue weighted by atomic mass is 32.2. The lowest BCUT2D eigenvalue weighted by atomic mass is 10.2. The van der Waals surface area contributed by atoms with Gasteiger partial charge in [0.05, 0.1) is 18.4 Å². The SMILES string of the molecule is COC(=O)c1ccc(NC(=O)CSc2ccc(N3CCN(c4cccc(C)c4)CC3)nn2)cc1. The average molecular weight is 478 g/mol. The molecule has 1 saturated heterocycles. The van der Waals surface area contributed by atoms with Crippen molar-refractivity contribution in [2.75, 3.05) is 54.2 Å². The van der Waals surface area contributed by atoms with Gasteiger partial charge in [0.15, 0.2) is 5.82 Å². The van der Waals surface area contributed by atoms with E-state index in [1.807, 2.05) is 12.1 Å². The lowest BCUT2D eigenvalue weighted by Gasteiger charge is -2.36. The van der Waals surface area contributed by atoms with E-state index < -0.39 is 5.97 Å².